The van der Waals surface area contributed by atoms with Gasteiger partial charge in [0.2, 0.25) is 0 Å². The van der Waals surface area contributed by atoms with E-state index in [4.69, 9.17) is 10.1 Å². The first-order chi connectivity index (χ1) is 8.31. The van der Waals surface area contributed by atoms with Crippen molar-refractivity contribution in [1.82, 2.24) is 5.32 Å². The number of nitrogens with one attached hydrogen (secondary N) is 1. The molecule has 0 radical (unpaired) electrons. The number of nitrogens with zero attached hydrogens (tertiary/aromatic N) is 1. The van der Waals surface area contributed by atoms with Gasteiger partial charge in [0.25, 0.3) is 0 Å². The van der Waals surface area contributed by atoms with Crippen molar-refractivity contribution in [3.8, 4) is 6.07 Å². The third kappa shape index (κ3) is 3.97. The van der Waals surface area contributed by atoms with Crippen LogP contribution >= 0.6 is 0 Å². The Morgan fingerprint density at radius 2 is 2.00 bits per heavy atom. The Balaban J connectivity index is 0.000000581. The van der Waals surface area contributed by atoms with Crippen LogP contribution in [0.4, 0.5) is 4.39 Å². The highest BCUT2D eigenvalue weighted by molar-refractivity contribution is 5.35. The summed E-state index contributed by atoms with van der Waals surface area (Å²) < 4.78 is 13.1. The highest BCUT2D eigenvalue weighted by atomic mass is 19.1. The molecular weight excluding hydrogens is 219 g/mol. The predicted octanol–water partition coefficient (Wildman–Crippen LogP) is 2.23. The van der Waals surface area contributed by atoms with Crippen molar-refractivity contribution in [3.63, 3.8) is 0 Å². The Bertz CT molecular complexity index is 383. The van der Waals surface area contributed by atoms with Gasteiger partial charge in [-0.3, -0.25) is 0 Å². The number of hydrogen-bond donors (Lipinski definition) is 1. The summed E-state index contributed by atoms with van der Waals surface area (Å²) in [4.78, 5) is 8.00. The van der Waals surface area contributed by atoms with Gasteiger partial charge >= 0.3 is 0 Å². The number of nitriles is 1. The lowest BCUT2D eigenvalue weighted by atomic mass is 9.93. The summed E-state index contributed by atoms with van der Waals surface area (Å²) in [7, 11) is 0. The summed E-state index contributed by atoms with van der Waals surface area (Å²) in [5.41, 5.74) is 1.10. The molecule has 2 rings (SSSR count). The van der Waals surface area contributed by atoms with E-state index < -0.39 is 5.82 Å². The molecule has 0 bridgehead atoms. The van der Waals surface area contributed by atoms with Gasteiger partial charge in [0.1, 0.15) is 18.7 Å². The van der Waals surface area contributed by atoms with Crippen molar-refractivity contribution >= 4 is 6.79 Å². The zero-order valence-electron chi connectivity index (χ0n) is 10.2. The number of benzene rings is 1. The predicted molar refractivity (Wildman–Crippen MR) is 65.2 cm³/mol. The minimum atomic E-state index is -0.410. The Hall–Kier alpha value is -1.73. The Kier molecular flexibility index (Phi) is 7.57. The fourth-order valence-electron chi connectivity index (χ4n) is 1.40. The molecule has 17 heavy (non-hydrogen) atoms. The Morgan fingerprint density at radius 1 is 1.41 bits per heavy atom. The zero-order chi connectivity index (χ0) is 13.3. The highest BCUT2D eigenvalue weighted by Crippen LogP contribution is 2.21. The third-order valence-corrected chi connectivity index (χ3v) is 2.37. The zero-order valence-corrected chi connectivity index (χ0v) is 10.2. The Labute approximate surface area is 101 Å². The molecule has 0 aliphatic carbocycles. The Morgan fingerprint density at radius 3 is 2.35 bits per heavy atom. The maximum Gasteiger partial charge on any atom is 0.141 e. The van der Waals surface area contributed by atoms with E-state index in [0.29, 0.717) is 5.92 Å². The molecule has 0 unspecified atom stereocenters. The molecular formula is C13H17FN2O. The monoisotopic (exact) mass is 236 g/mol. The normalized spacial score (nSPS) is 13.1. The van der Waals surface area contributed by atoms with Gasteiger partial charge < -0.3 is 10.1 Å². The van der Waals surface area contributed by atoms with Crippen LogP contribution in [0.2, 0.25) is 0 Å². The van der Waals surface area contributed by atoms with E-state index in [9.17, 15) is 4.39 Å². The summed E-state index contributed by atoms with van der Waals surface area (Å²) in [5.74, 6) is 0.00847. The second kappa shape index (κ2) is 8.43. The number of carbonyl (C=O) groups is 1. The van der Waals surface area contributed by atoms with Crippen LogP contribution in [0.1, 0.15) is 30.9 Å². The molecule has 1 aliphatic heterocycles. The maximum atomic E-state index is 13.1. The van der Waals surface area contributed by atoms with Gasteiger partial charge in [0.15, 0.2) is 0 Å². The smallest absolute Gasteiger partial charge is 0.141 e. The lowest BCUT2D eigenvalue weighted by molar-refractivity contribution is -0.0979. The number of hydrogen-bond acceptors (Lipinski definition) is 3. The van der Waals surface area contributed by atoms with Crippen LogP contribution < -0.4 is 5.32 Å². The van der Waals surface area contributed by atoms with Gasteiger partial charge in [0.05, 0.1) is 5.56 Å². The molecule has 0 spiro atoms. The van der Waals surface area contributed by atoms with Crippen LogP contribution in [0.3, 0.4) is 0 Å². The summed E-state index contributed by atoms with van der Waals surface area (Å²) in [6.45, 7) is 7.82. The van der Waals surface area contributed by atoms with Crippen molar-refractivity contribution < 1.29 is 9.18 Å². The van der Waals surface area contributed by atoms with Crippen molar-refractivity contribution in [2.24, 2.45) is 0 Å². The lowest BCUT2D eigenvalue weighted by Gasteiger charge is -2.27. The summed E-state index contributed by atoms with van der Waals surface area (Å²) in [5, 5.41) is 11.6. The van der Waals surface area contributed by atoms with Gasteiger partial charge in [-0.15, -0.1) is 0 Å². The maximum absolute atomic E-state index is 13.1. The second-order valence-electron chi connectivity index (χ2n) is 3.21. The average Bonchev–Trinajstić information content (AvgIpc) is 2.32. The average molecular weight is 236 g/mol. The molecule has 0 amide bonds. The van der Waals surface area contributed by atoms with Crippen molar-refractivity contribution in [3.05, 3.63) is 35.1 Å². The van der Waals surface area contributed by atoms with Gasteiger partial charge in [-0.1, -0.05) is 19.9 Å². The molecule has 1 fully saturated rings. The molecule has 1 aromatic carbocycles. The van der Waals surface area contributed by atoms with Crippen LogP contribution in [0, 0.1) is 17.1 Å². The quantitative estimate of drug-likeness (QED) is 0.813. The van der Waals surface area contributed by atoms with E-state index in [-0.39, 0.29) is 5.56 Å². The van der Waals surface area contributed by atoms with E-state index in [1.165, 1.54) is 6.07 Å². The van der Waals surface area contributed by atoms with Crippen molar-refractivity contribution in [2.45, 2.75) is 19.8 Å². The van der Waals surface area contributed by atoms with Crippen LogP contribution in [-0.2, 0) is 4.79 Å². The summed E-state index contributed by atoms with van der Waals surface area (Å²) in [6.07, 6.45) is 0. The molecule has 1 N–H and O–H groups in total. The molecule has 92 valence electrons. The summed E-state index contributed by atoms with van der Waals surface area (Å²) in [6, 6.07) is 6.64. The van der Waals surface area contributed by atoms with E-state index in [0.717, 1.165) is 18.7 Å². The third-order valence-electron chi connectivity index (χ3n) is 2.37. The van der Waals surface area contributed by atoms with Gasteiger partial charge in [-0.25, -0.2) is 4.39 Å². The molecule has 1 heterocycles. The molecule has 3 nitrogen and oxygen atoms in total. The van der Waals surface area contributed by atoms with E-state index in [2.05, 4.69) is 5.32 Å². The highest BCUT2D eigenvalue weighted by Gasteiger charge is 2.19. The molecule has 0 saturated carbocycles. The molecule has 1 aliphatic rings. The number of halogens is 1. The van der Waals surface area contributed by atoms with E-state index in [1.54, 1.807) is 12.1 Å². The molecule has 0 atom stereocenters. The topological polar surface area (TPSA) is 52.9 Å². The van der Waals surface area contributed by atoms with Gasteiger partial charge in [0, 0.05) is 19.0 Å². The van der Waals surface area contributed by atoms with Crippen molar-refractivity contribution in [2.75, 3.05) is 13.1 Å². The fraction of sp³-hybridized carbons (Fsp3) is 0.385. The SMILES string of the molecule is C=O.CC.N#Cc1ccc(C2CNC2)cc1F. The standard InChI is InChI=1S/C10H9FN2.C2H6.CH2O/c11-10-3-7(9-5-13-6-9)1-2-8(10)4-12;2*1-2/h1-3,9,13H,5-6H2;1-2H3;1H2. The number of rotatable bonds is 1. The molecule has 4 heteroatoms. The van der Waals surface area contributed by atoms with Crippen LogP contribution in [0.5, 0.6) is 0 Å². The lowest BCUT2D eigenvalue weighted by Crippen LogP contribution is -2.39. The minimum Gasteiger partial charge on any atom is -0.315 e. The van der Waals surface area contributed by atoms with E-state index in [1.807, 2.05) is 26.7 Å². The van der Waals surface area contributed by atoms with Crippen LogP contribution in [0.25, 0.3) is 0 Å². The first kappa shape index (κ1) is 15.3. The summed E-state index contributed by atoms with van der Waals surface area (Å²) >= 11 is 0. The van der Waals surface area contributed by atoms with Gasteiger partial charge in [-0.05, 0) is 17.7 Å². The van der Waals surface area contributed by atoms with Crippen LogP contribution in [0.15, 0.2) is 18.2 Å². The second-order valence-corrected chi connectivity index (χ2v) is 3.21. The largest absolute Gasteiger partial charge is 0.315 e. The molecule has 1 saturated heterocycles. The van der Waals surface area contributed by atoms with E-state index >= 15 is 0 Å². The first-order valence-corrected chi connectivity index (χ1v) is 5.50. The fourth-order valence-corrected chi connectivity index (χ4v) is 1.40. The first-order valence-electron chi connectivity index (χ1n) is 5.50. The van der Waals surface area contributed by atoms with Crippen molar-refractivity contribution in [1.29, 1.82) is 5.26 Å². The molecule has 1 aromatic rings. The van der Waals surface area contributed by atoms with Gasteiger partial charge in [-0.2, -0.15) is 5.26 Å². The number of carbonyl (C=O) groups excluding carboxylic acids is 1. The minimum absolute atomic E-state index is 0.121. The van der Waals surface area contributed by atoms with Crippen LogP contribution in [-0.4, -0.2) is 19.9 Å². The molecule has 0 aromatic heterocycles.